The normalized spacial score (nSPS) is 15.9. The molecular weight excluding hydrogens is 262 g/mol. The summed E-state index contributed by atoms with van der Waals surface area (Å²) in [6.45, 7) is 8.05. The zero-order valence-corrected chi connectivity index (χ0v) is 12.1. The molecule has 0 bridgehead atoms. The Morgan fingerprint density at radius 3 is 2.45 bits per heavy atom. The van der Waals surface area contributed by atoms with E-state index in [1.54, 1.807) is 11.8 Å². The molecule has 1 aliphatic rings. The van der Waals surface area contributed by atoms with E-state index in [1.807, 2.05) is 20.8 Å². The second-order valence-electron chi connectivity index (χ2n) is 5.91. The van der Waals surface area contributed by atoms with E-state index >= 15 is 0 Å². The molecule has 2 heterocycles. The fourth-order valence-corrected chi connectivity index (χ4v) is 1.93. The third kappa shape index (κ3) is 2.92. The van der Waals surface area contributed by atoms with E-state index < -0.39 is 11.5 Å². The Balaban J connectivity index is 1.95. The van der Waals surface area contributed by atoms with Crippen molar-refractivity contribution in [1.29, 1.82) is 0 Å². The predicted molar refractivity (Wildman–Crippen MR) is 70.3 cm³/mol. The Kier molecular flexibility index (Phi) is 3.45. The summed E-state index contributed by atoms with van der Waals surface area (Å²) < 4.78 is 10.6. The van der Waals surface area contributed by atoms with Crippen molar-refractivity contribution in [2.45, 2.75) is 39.2 Å². The van der Waals surface area contributed by atoms with Crippen LogP contribution in [0.15, 0.2) is 4.42 Å². The molecule has 1 aliphatic heterocycles. The lowest BCUT2D eigenvalue weighted by Crippen LogP contribution is -2.50. The highest BCUT2D eigenvalue weighted by Crippen LogP contribution is 2.29. The van der Waals surface area contributed by atoms with Crippen LogP contribution in [0.4, 0.5) is 4.79 Å². The fraction of sp³-hybridized carbons (Fsp3) is 0.615. The predicted octanol–water partition coefficient (Wildman–Crippen LogP) is 1.42. The van der Waals surface area contributed by atoms with Crippen molar-refractivity contribution in [3.8, 4) is 0 Å². The lowest BCUT2D eigenvalue weighted by molar-refractivity contribution is 0.00595. The van der Waals surface area contributed by atoms with Gasteiger partial charge in [-0.1, -0.05) is 0 Å². The van der Waals surface area contributed by atoms with Crippen LogP contribution >= 0.6 is 0 Å². The van der Waals surface area contributed by atoms with Crippen LogP contribution in [0, 0.1) is 6.92 Å². The van der Waals surface area contributed by atoms with E-state index in [0.29, 0.717) is 24.7 Å². The first-order chi connectivity index (χ1) is 9.17. The molecular formula is C13H19N3O4. The number of aryl methyl sites for hydroxylation is 1. The zero-order chi connectivity index (χ0) is 15.1. The van der Waals surface area contributed by atoms with E-state index in [0.717, 1.165) is 0 Å². The number of aromatic nitrogens is 1. The number of primary amides is 1. The molecule has 110 valence electrons. The molecule has 0 saturated carbocycles. The molecule has 1 aromatic heterocycles. The van der Waals surface area contributed by atoms with Crippen molar-refractivity contribution in [1.82, 2.24) is 9.88 Å². The smallest absolute Gasteiger partial charge is 0.410 e. The number of nitrogens with zero attached hydrogens (tertiary/aromatic N) is 2. The summed E-state index contributed by atoms with van der Waals surface area (Å²) >= 11 is 0. The van der Waals surface area contributed by atoms with Crippen molar-refractivity contribution < 1.29 is 18.7 Å². The number of oxazole rings is 1. The van der Waals surface area contributed by atoms with Crippen LogP contribution in [0.25, 0.3) is 0 Å². The van der Waals surface area contributed by atoms with Crippen molar-refractivity contribution in [3.05, 3.63) is 17.3 Å². The largest absolute Gasteiger partial charge is 0.444 e. The Bertz CT molecular complexity index is 538. The number of carbonyl (C=O) groups is 2. The maximum absolute atomic E-state index is 11.8. The number of carbonyl (C=O) groups excluding carboxylic acids is 2. The van der Waals surface area contributed by atoms with Crippen LogP contribution in [-0.2, 0) is 4.74 Å². The summed E-state index contributed by atoms with van der Waals surface area (Å²) in [6, 6.07) is 0. The summed E-state index contributed by atoms with van der Waals surface area (Å²) in [4.78, 5) is 28.6. The Morgan fingerprint density at radius 2 is 2.00 bits per heavy atom. The van der Waals surface area contributed by atoms with E-state index in [2.05, 4.69) is 4.98 Å². The van der Waals surface area contributed by atoms with E-state index in [-0.39, 0.29) is 17.8 Å². The van der Waals surface area contributed by atoms with Crippen molar-refractivity contribution >= 4 is 12.0 Å². The van der Waals surface area contributed by atoms with Gasteiger partial charge in [0.15, 0.2) is 0 Å². The summed E-state index contributed by atoms with van der Waals surface area (Å²) in [5.74, 6) is -0.134. The van der Waals surface area contributed by atoms with Crippen LogP contribution in [0.5, 0.6) is 0 Å². The van der Waals surface area contributed by atoms with Gasteiger partial charge in [-0.3, -0.25) is 4.79 Å². The lowest BCUT2D eigenvalue weighted by atomic mass is 10.0. The quantitative estimate of drug-likeness (QED) is 0.883. The molecule has 1 fully saturated rings. The highest BCUT2D eigenvalue weighted by Gasteiger charge is 2.37. The first-order valence-electron chi connectivity index (χ1n) is 6.42. The average molecular weight is 281 g/mol. The van der Waals surface area contributed by atoms with E-state index in [1.165, 1.54) is 0 Å². The van der Waals surface area contributed by atoms with Crippen LogP contribution in [0.2, 0.25) is 0 Å². The molecule has 0 unspecified atom stereocenters. The molecule has 20 heavy (non-hydrogen) atoms. The number of hydrogen-bond donors (Lipinski definition) is 1. The molecule has 2 rings (SSSR count). The maximum Gasteiger partial charge on any atom is 0.410 e. The average Bonchev–Trinajstić information content (AvgIpc) is 2.54. The van der Waals surface area contributed by atoms with Gasteiger partial charge in [0.2, 0.25) is 11.7 Å². The van der Waals surface area contributed by atoms with Gasteiger partial charge in [0.05, 0.1) is 11.6 Å². The van der Waals surface area contributed by atoms with Gasteiger partial charge < -0.3 is 19.8 Å². The van der Waals surface area contributed by atoms with Gasteiger partial charge >= 0.3 is 6.09 Å². The van der Waals surface area contributed by atoms with Gasteiger partial charge in [-0.2, -0.15) is 0 Å². The Hall–Kier alpha value is -2.05. The molecule has 0 radical (unpaired) electrons. The minimum absolute atomic E-state index is 0.0191. The fourth-order valence-electron chi connectivity index (χ4n) is 1.93. The maximum atomic E-state index is 11.8. The standard InChI is InChI=1S/C13H19N3O4/c1-7-9(10(14)17)19-11(15-7)8-5-16(6-8)12(18)20-13(2,3)4/h8H,5-6H2,1-4H3,(H2,14,17). The van der Waals surface area contributed by atoms with E-state index in [4.69, 9.17) is 14.9 Å². The van der Waals surface area contributed by atoms with Gasteiger partial charge in [0, 0.05) is 13.1 Å². The molecule has 2 N–H and O–H groups in total. The molecule has 0 spiro atoms. The SMILES string of the molecule is Cc1nc(C2CN(C(=O)OC(C)(C)C)C2)oc1C(N)=O. The highest BCUT2D eigenvalue weighted by atomic mass is 16.6. The number of likely N-dealkylation sites (tertiary alicyclic amines) is 1. The number of amides is 2. The third-order valence-electron chi connectivity index (χ3n) is 2.92. The lowest BCUT2D eigenvalue weighted by Gasteiger charge is -2.38. The first-order valence-corrected chi connectivity index (χ1v) is 6.42. The number of ether oxygens (including phenoxy) is 1. The minimum atomic E-state index is -0.635. The van der Waals surface area contributed by atoms with Crippen LogP contribution in [0.1, 0.15) is 48.8 Å². The zero-order valence-electron chi connectivity index (χ0n) is 12.1. The van der Waals surface area contributed by atoms with Crippen LogP contribution < -0.4 is 5.73 Å². The van der Waals surface area contributed by atoms with Gasteiger partial charge in [-0.25, -0.2) is 9.78 Å². The molecule has 7 nitrogen and oxygen atoms in total. The number of rotatable bonds is 2. The minimum Gasteiger partial charge on any atom is -0.444 e. The molecule has 7 heteroatoms. The molecule has 0 aliphatic carbocycles. The highest BCUT2D eigenvalue weighted by molar-refractivity contribution is 5.90. The number of hydrogen-bond acceptors (Lipinski definition) is 5. The van der Waals surface area contributed by atoms with Crippen LogP contribution in [0.3, 0.4) is 0 Å². The Morgan fingerprint density at radius 1 is 1.40 bits per heavy atom. The topological polar surface area (TPSA) is 98.7 Å². The second-order valence-corrected chi connectivity index (χ2v) is 5.91. The molecule has 0 aromatic carbocycles. The first kappa shape index (κ1) is 14.4. The monoisotopic (exact) mass is 281 g/mol. The second kappa shape index (κ2) is 4.81. The Labute approximate surface area is 117 Å². The van der Waals surface area contributed by atoms with Gasteiger partial charge in [0.1, 0.15) is 5.60 Å². The van der Waals surface area contributed by atoms with Crippen molar-refractivity contribution in [2.24, 2.45) is 5.73 Å². The van der Waals surface area contributed by atoms with Crippen molar-refractivity contribution in [3.63, 3.8) is 0 Å². The summed E-state index contributed by atoms with van der Waals surface area (Å²) in [5, 5.41) is 0. The summed E-state index contributed by atoms with van der Waals surface area (Å²) in [5.41, 5.74) is 5.14. The van der Waals surface area contributed by atoms with Gasteiger partial charge in [0.25, 0.3) is 5.91 Å². The third-order valence-corrected chi connectivity index (χ3v) is 2.92. The molecule has 1 saturated heterocycles. The number of nitrogens with two attached hydrogens (primary N) is 1. The van der Waals surface area contributed by atoms with E-state index in [9.17, 15) is 9.59 Å². The summed E-state index contributed by atoms with van der Waals surface area (Å²) in [7, 11) is 0. The summed E-state index contributed by atoms with van der Waals surface area (Å²) in [6.07, 6.45) is -0.354. The van der Waals surface area contributed by atoms with Crippen LogP contribution in [-0.4, -0.2) is 40.6 Å². The molecule has 1 aromatic rings. The molecule has 0 atom stereocenters. The van der Waals surface area contributed by atoms with Gasteiger partial charge in [-0.15, -0.1) is 0 Å². The van der Waals surface area contributed by atoms with Gasteiger partial charge in [-0.05, 0) is 27.7 Å². The molecule has 2 amide bonds. The van der Waals surface area contributed by atoms with Crippen molar-refractivity contribution in [2.75, 3.05) is 13.1 Å².